The maximum absolute atomic E-state index is 12.7. The number of hydrogen-bond acceptors (Lipinski definition) is 1. The Morgan fingerprint density at radius 2 is 1.45 bits per heavy atom. The van der Waals surface area contributed by atoms with E-state index >= 15 is 0 Å². The second-order valence-electron chi connectivity index (χ2n) is 5.18. The van der Waals surface area contributed by atoms with Crippen LogP contribution in [0.4, 0.5) is 0 Å². The van der Waals surface area contributed by atoms with Gasteiger partial charge in [0.15, 0.2) is 0 Å². The minimum absolute atomic E-state index is 0.0531. The monoisotopic (exact) mass is 262 g/mol. The lowest BCUT2D eigenvalue weighted by atomic mass is 10.2. The molecule has 0 N–H and O–H groups in total. The van der Waals surface area contributed by atoms with Gasteiger partial charge in [-0.25, -0.2) is 0 Å². The second kappa shape index (κ2) is 3.73. The highest BCUT2D eigenvalue weighted by atomic mass is 16.1. The fourth-order valence-electron chi connectivity index (χ4n) is 3.11. The summed E-state index contributed by atoms with van der Waals surface area (Å²) in [6, 6.07) is 16.2. The number of nitrogens with zero attached hydrogens (tertiary/aromatic N) is 2. The van der Waals surface area contributed by atoms with Crippen LogP contribution in [0.5, 0.6) is 0 Å². The van der Waals surface area contributed by atoms with Crippen molar-refractivity contribution < 1.29 is 0 Å². The molecule has 0 saturated heterocycles. The summed E-state index contributed by atoms with van der Waals surface area (Å²) in [5.41, 5.74) is 4.98. The van der Waals surface area contributed by atoms with Crippen molar-refractivity contribution in [1.29, 1.82) is 0 Å². The summed E-state index contributed by atoms with van der Waals surface area (Å²) < 4.78 is 3.82. The maximum Gasteiger partial charge on any atom is 0.275 e. The van der Waals surface area contributed by atoms with Crippen LogP contribution >= 0.6 is 0 Å². The number of benzene rings is 2. The van der Waals surface area contributed by atoms with Crippen molar-refractivity contribution in [3.05, 3.63) is 64.4 Å². The molecule has 0 aliphatic rings. The zero-order chi connectivity index (χ0) is 13.9. The number of hydrogen-bond donors (Lipinski definition) is 0. The van der Waals surface area contributed by atoms with Crippen LogP contribution in [0.15, 0.2) is 53.3 Å². The van der Waals surface area contributed by atoms with Gasteiger partial charge in [0, 0.05) is 12.4 Å². The maximum atomic E-state index is 12.7. The first-order valence-electron chi connectivity index (χ1n) is 6.67. The van der Waals surface area contributed by atoms with Crippen LogP contribution in [0.1, 0.15) is 5.56 Å². The van der Waals surface area contributed by atoms with Crippen LogP contribution in [-0.4, -0.2) is 8.97 Å². The minimum Gasteiger partial charge on any atom is -0.308 e. The molecule has 0 aliphatic heterocycles. The highest BCUT2D eigenvalue weighted by Crippen LogP contribution is 2.27. The van der Waals surface area contributed by atoms with Crippen LogP contribution in [0.2, 0.25) is 0 Å². The summed E-state index contributed by atoms with van der Waals surface area (Å²) >= 11 is 0. The topological polar surface area (TPSA) is 26.4 Å². The van der Waals surface area contributed by atoms with Gasteiger partial charge in [0.25, 0.3) is 5.56 Å². The lowest BCUT2D eigenvalue weighted by Gasteiger charge is -2.08. The van der Waals surface area contributed by atoms with Crippen LogP contribution < -0.4 is 5.56 Å². The molecular formula is C17H14N2O. The first-order chi connectivity index (χ1) is 9.70. The summed E-state index contributed by atoms with van der Waals surface area (Å²) in [5.74, 6) is 0. The molecule has 2 aromatic carbocycles. The number of para-hydroxylation sites is 3. The van der Waals surface area contributed by atoms with Crippen molar-refractivity contribution in [2.75, 3.05) is 0 Å². The molecule has 4 aromatic rings. The average molecular weight is 262 g/mol. The predicted octanol–water partition coefficient (Wildman–Crippen LogP) is 3.25. The number of aryl methyl sites for hydroxylation is 2. The Bertz CT molecular complexity index is 1040. The minimum atomic E-state index is 0.0531. The van der Waals surface area contributed by atoms with Gasteiger partial charge in [0.2, 0.25) is 0 Å². The van der Waals surface area contributed by atoms with Gasteiger partial charge in [-0.2, -0.15) is 0 Å². The Hall–Kier alpha value is -2.55. The molecule has 0 aliphatic carbocycles. The van der Waals surface area contributed by atoms with Crippen molar-refractivity contribution >= 4 is 27.5 Å². The van der Waals surface area contributed by atoms with E-state index in [-0.39, 0.29) is 5.56 Å². The van der Waals surface area contributed by atoms with Gasteiger partial charge in [0.1, 0.15) is 5.52 Å². The summed E-state index contributed by atoms with van der Waals surface area (Å²) in [5, 5.41) is 1.14. The Kier molecular flexibility index (Phi) is 2.11. The van der Waals surface area contributed by atoms with Gasteiger partial charge in [0.05, 0.1) is 16.6 Å². The van der Waals surface area contributed by atoms with Gasteiger partial charge < -0.3 is 8.97 Å². The standard InChI is InChI=1S/C17H14N2O/c1-11-12-7-3-4-8-13(12)19-15-10-6-5-9-14(15)18(2)17(20)16(11)19/h3-10H,1-2H3. The molecule has 0 unspecified atom stereocenters. The largest absolute Gasteiger partial charge is 0.308 e. The molecule has 0 saturated carbocycles. The molecule has 2 heterocycles. The van der Waals surface area contributed by atoms with E-state index < -0.39 is 0 Å². The van der Waals surface area contributed by atoms with Crippen LogP contribution in [0.3, 0.4) is 0 Å². The summed E-state index contributed by atoms with van der Waals surface area (Å²) in [4.78, 5) is 12.7. The van der Waals surface area contributed by atoms with Crippen LogP contribution in [0.25, 0.3) is 27.5 Å². The molecule has 98 valence electrons. The van der Waals surface area contributed by atoms with Crippen LogP contribution in [0, 0.1) is 6.92 Å². The molecule has 0 atom stereocenters. The van der Waals surface area contributed by atoms with Crippen molar-refractivity contribution in [2.24, 2.45) is 7.05 Å². The lowest BCUT2D eigenvalue weighted by molar-refractivity contribution is 0.901. The third kappa shape index (κ3) is 1.22. The fraction of sp³-hybridized carbons (Fsp3) is 0.118. The van der Waals surface area contributed by atoms with E-state index in [1.807, 2.05) is 44.3 Å². The Labute approximate surface area is 115 Å². The average Bonchev–Trinajstić information content (AvgIpc) is 2.79. The van der Waals surface area contributed by atoms with Crippen LogP contribution in [-0.2, 0) is 7.05 Å². The van der Waals surface area contributed by atoms with Gasteiger partial charge in [-0.3, -0.25) is 4.79 Å². The van der Waals surface area contributed by atoms with Crippen molar-refractivity contribution in [3.8, 4) is 0 Å². The Balaban J connectivity index is 2.51. The fourth-order valence-corrected chi connectivity index (χ4v) is 3.11. The highest BCUT2D eigenvalue weighted by Gasteiger charge is 2.15. The third-order valence-electron chi connectivity index (χ3n) is 4.12. The molecular weight excluding hydrogens is 248 g/mol. The molecule has 3 heteroatoms. The van der Waals surface area contributed by atoms with Gasteiger partial charge in [-0.05, 0) is 30.7 Å². The molecule has 0 bridgehead atoms. The first-order valence-corrected chi connectivity index (χ1v) is 6.67. The first kappa shape index (κ1) is 11.3. The van der Waals surface area contributed by atoms with E-state index in [9.17, 15) is 4.79 Å². The van der Waals surface area contributed by atoms with E-state index in [4.69, 9.17) is 0 Å². The molecule has 0 radical (unpaired) electrons. The summed E-state index contributed by atoms with van der Waals surface area (Å²) in [6.45, 7) is 2.02. The SMILES string of the molecule is Cc1c2ccccc2n2c1c(=O)n(C)c1ccccc12. The summed E-state index contributed by atoms with van der Waals surface area (Å²) in [6.07, 6.45) is 0. The predicted molar refractivity (Wildman–Crippen MR) is 82.4 cm³/mol. The molecule has 0 fully saturated rings. The molecule has 2 aromatic heterocycles. The molecule has 4 rings (SSSR count). The van der Waals surface area contributed by atoms with Crippen molar-refractivity contribution in [3.63, 3.8) is 0 Å². The lowest BCUT2D eigenvalue weighted by Crippen LogP contribution is -2.20. The van der Waals surface area contributed by atoms with E-state index in [0.29, 0.717) is 0 Å². The number of aromatic nitrogens is 2. The van der Waals surface area contributed by atoms with Gasteiger partial charge in [-0.15, -0.1) is 0 Å². The van der Waals surface area contributed by atoms with Gasteiger partial charge >= 0.3 is 0 Å². The van der Waals surface area contributed by atoms with Crippen molar-refractivity contribution in [1.82, 2.24) is 8.97 Å². The van der Waals surface area contributed by atoms with Crippen molar-refractivity contribution in [2.45, 2.75) is 6.92 Å². The molecule has 20 heavy (non-hydrogen) atoms. The number of fused-ring (bicyclic) bond motifs is 5. The molecule has 0 amide bonds. The number of rotatable bonds is 0. The zero-order valence-electron chi connectivity index (χ0n) is 11.4. The zero-order valence-corrected chi connectivity index (χ0v) is 11.4. The van der Waals surface area contributed by atoms with E-state index in [1.54, 1.807) is 4.57 Å². The molecule has 3 nitrogen and oxygen atoms in total. The normalized spacial score (nSPS) is 11.7. The smallest absolute Gasteiger partial charge is 0.275 e. The second-order valence-corrected chi connectivity index (χ2v) is 5.18. The summed E-state index contributed by atoms with van der Waals surface area (Å²) in [7, 11) is 1.84. The Morgan fingerprint density at radius 1 is 0.850 bits per heavy atom. The van der Waals surface area contributed by atoms with E-state index in [2.05, 4.69) is 22.6 Å². The van der Waals surface area contributed by atoms with Gasteiger partial charge in [-0.1, -0.05) is 30.3 Å². The highest BCUT2D eigenvalue weighted by molar-refractivity contribution is 5.96. The van der Waals surface area contributed by atoms with E-state index in [0.717, 1.165) is 33.0 Å². The molecule has 0 spiro atoms. The third-order valence-corrected chi connectivity index (χ3v) is 4.12. The van der Waals surface area contributed by atoms with E-state index in [1.165, 1.54) is 0 Å². The Morgan fingerprint density at radius 3 is 2.20 bits per heavy atom. The quantitative estimate of drug-likeness (QED) is 0.478.